The van der Waals surface area contributed by atoms with Gasteiger partial charge in [0.25, 0.3) is 0 Å². The summed E-state index contributed by atoms with van der Waals surface area (Å²) in [6.07, 6.45) is 7.36. The fourth-order valence-electron chi connectivity index (χ4n) is 1.88. The van der Waals surface area contributed by atoms with Gasteiger partial charge in [0.05, 0.1) is 0 Å². The van der Waals surface area contributed by atoms with E-state index in [1.54, 1.807) is 0 Å². The van der Waals surface area contributed by atoms with Gasteiger partial charge in [-0.1, -0.05) is 33.1 Å². The monoisotopic (exact) mass is 154 g/mol. The first-order valence-corrected chi connectivity index (χ1v) is 4.65. The van der Waals surface area contributed by atoms with E-state index in [-0.39, 0.29) is 5.41 Å². The summed E-state index contributed by atoms with van der Waals surface area (Å²) in [6, 6.07) is 0. The molecule has 2 unspecified atom stereocenters. The second-order valence-electron chi connectivity index (χ2n) is 4.12. The highest BCUT2D eigenvalue weighted by molar-refractivity contribution is 5.59. The van der Waals surface area contributed by atoms with Crippen molar-refractivity contribution in [2.75, 3.05) is 0 Å². The van der Waals surface area contributed by atoms with E-state index in [1.165, 1.54) is 32.0 Å². The number of hydrogen-bond acceptors (Lipinski definition) is 1. The molecule has 0 aliphatic heterocycles. The van der Waals surface area contributed by atoms with Crippen molar-refractivity contribution in [1.29, 1.82) is 0 Å². The molecule has 0 bridgehead atoms. The fraction of sp³-hybridized carbons (Fsp3) is 0.900. The van der Waals surface area contributed by atoms with Crippen molar-refractivity contribution in [3.05, 3.63) is 0 Å². The van der Waals surface area contributed by atoms with Crippen LogP contribution in [0, 0.1) is 11.3 Å². The van der Waals surface area contributed by atoms with E-state index >= 15 is 0 Å². The first kappa shape index (κ1) is 8.76. The zero-order valence-corrected chi connectivity index (χ0v) is 7.60. The van der Waals surface area contributed by atoms with Crippen LogP contribution in [0.4, 0.5) is 0 Å². The van der Waals surface area contributed by atoms with Gasteiger partial charge in [0, 0.05) is 5.41 Å². The average molecular weight is 154 g/mol. The summed E-state index contributed by atoms with van der Waals surface area (Å²) >= 11 is 0. The molecule has 0 N–H and O–H groups in total. The molecule has 0 spiro atoms. The molecule has 11 heavy (non-hydrogen) atoms. The Labute approximate surface area is 69.2 Å². The molecular formula is C10H18O. The quantitative estimate of drug-likeness (QED) is 0.419. The maximum atomic E-state index is 10.8. The average Bonchev–Trinajstić information content (AvgIpc) is 2.16. The Balaban J connectivity index is 2.65. The summed E-state index contributed by atoms with van der Waals surface area (Å²) in [6.45, 7) is 4.32. The van der Waals surface area contributed by atoms with Crippen molar-refractivity contribution in [2.24, 2.45) is 11.3 Å². The van der Waals surface area contributed by atoms with Gasteiger partial charge in [-0.05, 0) is 18.8 Å². The molecule has 1 fully saturated rings. The highest BCUT2D eigenvalue weighted by Gasteiger charge is 2.31. The molecule has 0 heterocycles. The third-order valence-electron chi connectivity index (χ3n) is 3.25. The Kier molecular flexibility index (Phi) is 2.69. The van der Waals surface area contributed by atoms with Crippen LogP contribution in [0.3, 0.4) is 0 Å². The van der Waals surface area contributed by atoms with E-state index in [0.717, 1.165) is 6.42 Å². The van der Waals surface area contributed by atoms with Gasteiger partial charge in [-0.2, -0.15) is 0 Å². The molecule has 1 aliphatic carbocycles. The van der Waals surface area contributed by atoms with Crippen LogP contribution < -0.4 is 0 Å². The lowest BCUT2D eigenvalue weighted by molar-refractivity contribution is -0.118. The number of rotatable bonds is 1. The van der Waals surface area contributed by atoms with E-state index in [0.29, 0.717) is 5.92 Å². The van der Waals surface area contributed by atoms with Crippen LogP contribution in [0.25, 0.3) is 0 Å². The largest absolute Gasteiger partial charge is 0.303 e. The molecule has 0 amide bonds. The minimum Gasteiger partial charge on any atom is -0.303 e. The first-order chi connectivity index (χ1) is 5.19. The van der Waals surface area contributed by atoms with Gasteiger partial charge in [-0.25, -0.2) is 0 Å². The Morgan fingerprint density at radius 1 is 1.36 bits per heavy atom. The summed E-state index contributed by atoms with van der Waals surface area (Å²) < 4.78 is 0. The summed E-state index contributed by atoms with van der Waals surface area (Å²) in [7, 11) is 0. The predicted octanol–water partition coefficient (Wildman–Crippen LogP) is 2.79. The Morgan fingerprint density at radius 3 is 2.73 bits per heavy atom. The van der Waals surface area contributed by atoms with Crippen LogP contribution in [-0.4, -0.2) is 6.29 Å². The summed E-state index contributed by atoms with van der Waals surface area (Å²) in [4.78, 5) is 10.8. The lowest BCUT2D eigenvalue weighted by Gasteiger charge is -2.27. The molecule has 0 radical (unpaired) electrons. The molecular weight excluding hydrogens is 136 g/mol. The maximum Gasteiger partial charge on any atom is 0.126 e. The van der Waals surface area contributed by atoms with Crippen LogP contribution in [0.1, 0.15) is 46.0 Å². The van der Waals surface area contributed by atoms with Gasteiger partial charge in [-0.3, -0.25) is 0 Å². The molecule has 64 valence electrons. The van der Waals surface area contributed by atoms with Crippen molar-refractivity contribution in [2.45, 2.75) is 46.0 Å². The van der Waals surface area contributed by atoms with Gasteiger partial charge in [0.2, 0.25) is 0 Å². The van der Waals surface area contributed by atoms with Crippen LogP contribution in [0.15, 0.2) is 0 Å². The summed E-state index contributed by atoms with van der Waals surface area (Å²) in [5.41, 5.74) is -0.0174. The molecule has 0 aromatic rings. The lowest BCUT2D eigenvalue weighted by Crippen LogP contribution is -2.25. The van der Waals surface area contributed by atoms with Crippen LogP contribution in [0.5, 0.6) is 0 Å². The number of aldehydes is 1. The smallest absolute Gasteiger partial charge is 0.126 e. The second kappa shape index (κ2) is 3.38. The summed E-state index contributed by atoms with van der Waals surface area (Å²) in [5.74, 6) is 0.586. The van der Waals surface area contributed by atoms with E-state index in [9.17, 15) is 4.79 Å². The molecule has 0 aromatic heterocycles. The van der Waals surface area contributed by atoms with Crippen LogP contribution >= 0.6 is 0 Å². The molecule has 1 saturated carbocycles. The Hall–Kier alpha value is -0.330. The maximum absolute atomic E-state index is 10.8. The lowest BCUT2D eigenvalue weighted by atomic mass is 9.76. The van der Waals surface area contributed by atoms with Crippen LogP contribution in [0.2, 0.25) is 0 Å². The first-order valence-electron chi connectivity index (χ1n) is 4.65. The molecule has 1 heteroatoms. The molecule has 0 saturated heterocycles. The van der Waals surface area contributed by atoms with Crippen molar-refractivity contribution < 1.29 is 4.79 Å². The molecule has 2 atom stereocenters. The minimum absolute atomic E-state index is 0.0174. The second-order valence-corrected chi connectivity index (χ2v) is 4.12. The Bertz CT molecular complexity index is 142. The van der Waals surface area contributed by atoms with Gasteiger partial charge in [-0.15, -0.1) is 0 Å². The van der Waals surface area contributed by atoms with E-state index < -0.39 is 0 Å². The van der Waals surface area contributed by atoms with E-state index in [2.05, 4.69) is 13.8 Å². The van der Waals surface area contributed by atoms with Crippen molar-refractivity contribution in [1.82, 2.24) is 0 Å². The van der Waals surface area contributed by atoms with Gasteiger partial charge in [0.1, 0.15) is 6.29 Å². The molecule has 0 aromatic carbocycles. The van der Waals surface area contributed by atoms with Crippen LogP contribution in [-0.2, 0) is 4.79 Å². The zero-order chi connectivity index (χ0) is 8.32. The van der Waals surface area contributed by atoms with Gasteiger partial charge < -0.3 is 4.79 Å². The van der Waals surface area contributed by atoms with E-state index in [1.807, 2.05) is 0 Å². The third kappa shape index (κ3) is 1.82. The molecule has 1 nitrogen and oxygen atoms in total. The number of carbonyl (C=O) groups is 1. The molecule has 1 aliphatic rings. The zero-order valence-electron chi connectivity index (χ0n) is 7.60. The topological polar surface area (TPSA) is 17.1 Å². The Morgan fingerprint density at radius 2 is 2.09 bits per heavy atom. The standard InChI is InChI=1S/C10H18O/c1-9-6-4-3-5-7-10(9,2)8-11/h8-9H,3-7H2,1-2H3. The minimum atomic E-state index is -0.0174. The highest BCUT2D eigenvalue weighted by Crippen LogP contribution is 2.37. The summed E-state index contributed by atoms with van der Waals surface area (Å²) in [5, 5.41) is 0. The normalized spacial score (nSPS) is 39.6. The van der Waals surface area contributed by atoms with Crippen molar-refractivity contribution in [3.8, 4) is 0 Å². The SMILES string of the molecule is CC1CCCCCC1(C)C=O. The third-order valence-corrected chi connectivity index (χ3v) is 3.25. The molecule has 1 rings (SSSR count). The van der Waals surface area contributed by atoms with Gasteiger partial charge >= 0.3 is 0 Å². The number of hydrogen-bond donors (Lipinski definition) is 0. The highest BCUT2D eigenvalue weighted by atomic mass is 16.1. The number of carbonyl (C=O) groups excluding carboxylic acids is 1. The van der Waals surface area contributed by atoms with Crippen molar-refractivity contribution >= 4 is 6.29 Å². The van der Waals surface area contributed by atoms with E-state index in [4.69, 9.17) is 0 Å². The predicted molar refractivity (Wildman–Crippen MR) is 46.4 cm³/mol. The van der Waals surface area contributed by atoms with Gasteiger partial charge in [0.15, 0.2) is 0 Å². The van der Waals surface area contributed by atoms with Crippen molar-refractivity contribution in [3.63, 3.8) is 0 Å². The fourth-order valence-corrected chi connectivity index (χ4v) is 1.88.